The molecule has 0 bridgehead atoms. The summed E-state index contributed by atoms with van der Waals surface area (Å²) in [5.41, 5.74) is 2.34. The number of aromatic amines is 1. The average molecular weight is 236 g/mol. The first kappa shape index (κ1) is 12.1. The van der Waals surface area contributed by atoms with Crippen LogP contribution < -0.4 is 10.6 Å². The fourth-order valence-corrected chi connectivity index (χ4v) is 2.30. The largest absolute Gasteiger partial charge is 0.348 e. The number of fused-ring (bicyclic) bond motifs is 1. The first-order valence-electron chi connectivity index (χ1n) is 6.27. The summed E-state index contributed by atoms with van der Waals surface area (Å²) in [6.07, 6.45) is 6.53. The Morgan fingerprint density at radius 1 is 1.65 bits per heavy atom. The molecule has 0 fully saturated rings. The Morgan fingerprint density at radius 2 is 2.53 bits per heavy atom. The van der Waals surface area contributed by atoms with Crippen molar-refractivity contribution in [2.24, 2.45) is 0 Å². The highest BCUT2D eigenvalue weighted by molar-refractivity contribution is 5.76. The third kappa shape index (κ3) is 3.06. The summed E-state index contributed by atoms with van der Waals surface area (Å²) < 4.78 is 0. The molecule has 5 nitrogen and oxygen atoms in total. The van der Waals surface area contributed by atoms with Crippen LogP contribution in [-0.2, 0) is 11.2 Å². The summed E-state index contributed by atoms with van der Waals surface area (Å²) in [4.78, 5) is 11.7. The van der Waals surface area contributed by atoms with Gasteiger partial charge in [0.05, 0.1) is 17.9 Å². The van der Waals surface area contributed by atoms with Gasteiger partial charge in [0.15, 0.2) is 0 Å². The molecule has 0 aliphatic heterocycles. The minimum Gasteiger partial charge on any atom is -0.348 e. The van der Waals surface area contributed by atoms with Crippen molar-refractivity contribution in [3.8, 4) is 0 Å². The van der Waals surface area contributed by atoms with Crippen molar-refractivity contribution in [2.45, 2.75) is 38.1 Å². The summed E-state index contributed by atoms with van der Waals surface area (Å²) in [6, 6.07) is 0.128. The van der Waals surface area contributed by atoms with E-state index < -0.39 is 0 Å². The first-order valence-corrected chi connectivity index (χ1v) is 6.27. The Bertz CT molecular complexity index is 374. The third-order valence-corrected chi connectivity index (χ3v) is 3.20. The SMILES string of the molecule is CNCCCC(=O)NC1CCCc2cn[nH]c21. The Labute approximate surface area is 101 Å². The number of nitrogens with one attached hydrogen (secondary N) is 3. The van der Waals surface area contributed by atoms with E-state index in [9.17, 15) is 4.79 Å². The van der Waals surface area contributed by atoms with Gasteiger partial charge in [-0.15, -0.1) is 0 Å². The first-order chi connectivity index (χ1) is 8.31. The van der Waals surface area contributed by atoms with E-state index in [2.05, 4.69) is 20.8 Å². The quantitative estimate of drug-likeness (QED) is 0.665. The number of amides is 1. The molecule has 1 heterocycles. The Hall–Kier alpha value is -1.36. The second-order valence-electron chi connectivity index (χ2n) is 4.53. The van der Waals surface area contributed by atoms with E-state index in [1.165, 1.54) is 5.56 Å². The van der Waals surface area contributed by atoms with Crippen LogP contribution in [0.3, 0.4) is 0 Å². The number of carbonyl (C=O) groups is 1. The lowest BCUT2D eigenvalue weighted by molar-refractivity contribution is -0.122. The lowest BCUT2D eigenvalue weighted by Gasteiger charge is -2.22. The molecule has 3 N–H and O–H groups in total. The number of aryl methyl sites for hydroxylation is 1. The molecule has 1 aliphatic rings. The van der Waals surface area contributed by atoms with Gasteiger partial charge in [0.25, 0.3) is 0 Å². The lowest BCUT2D eigenvalue weighted by atomic mass is 9.93. The van der Waals surface area contributed by atoms with Crippen LogP contribution in [0.25, 0.3) is 0 Å². The molecule has 1 amide bonds. The topological polar surface area (TPSA) is 69.8 Å². The molecule has 0 spiro atoms. The van der Waals surface area contributed by atoms with Crippen molar-refractivity contribution in [3.63, 3.8) is 0 Å². The van der Waals surface area contributed by atoms with Gasteiger partial charge < -0.3 is 10.6 Å². The second kappa shape index (κ2) is 5.82. The summed E-state index contributed by atoms with van der Waals surface area (Å²) in [6.45, 7) is 0.882. The zero-order valence-electron chi connectivity index (χ0n) is 10.3. The number of hydrogen-bond donors (Lipinski definition) is 3. The van der Waals surface area contributed by atoms with Crippen molar-refractivity contribution >= 4 is 5.91 Å². The summed E-state index contributed by atoms with van der Waals surface area (Å²) >= 11 is 0. The van der Waals surface area contributed by atoms with Crippen LogP contribution in [0.2, 0.25) is 0 Å². The predicted molar refractivity (Wildman–Crippen MR) is 65.6 cm³/mol. The fraction of sp³-hybridized carbons (Fsp3) is 0.667. The van der Waals surface area contributed by atoms with Crippen LogP contribution in [0.5, 0.6) is 0 Å². The van der Waals surface area contributed by atoms with Crippen molar-refractivity contribution in [1.29, 1.82) is 0 Å². The minimum atomic E-state index is 0.128. The fourth-order valence-electron chi connectivity index (χ4n) is 2.30. The van der Waals surface area contributed by atoms with E-state index in [4.69, 9.17) is 0 Å². The van der Waals surface area contributed by atoms with Gasteiger partial charge in [0.2, 0.25) is 5.91 Å². The van der Waals surface area contributed by atoms with Crippen molar-refractivity contribution in [2.75, 3.05) is 13.6 Å². The normalized spacial score (nSPS) is 18.8. The van der Waals surface area contributed by atoms with Gasteiger partial charge in [-0.05, 0) is 44.8 Å². The maximum atomic E-state index is 11.7. The minimum absolute atomic E-state index is 0.128. The van der Waals surface area contributed by atoms with Crippen LogP contribution in [0.15, 0.2) is 6.20 Å². The van der Waals surface area contributed by atoms with Gasteiger partial charge in [-0.25, -0.2) is 0 Å². The number of carbonyl (C=O) groups excluding carboxylic acids is 1. The van der Waals surface area contributed by atoms with E-state index in [1.54, 1.807) is 0 Å². The maximum absolute atomic E-state index is 11.7. The molecule has 0 saturated heterocycles. The van der Waals surface area contributed by atoms with E-state index in [0.717, 1.165) is 37.9 Å². The Balaban J connectivity index is 1.86. The predicted octanol–water partition coefficient (Wildman–Crippen LogP) is 0.903. The molecule has 2 rings (SSSR count). The highest BCUT2D eigenvalue weighted by Gasteiger charge is 2.23. The molecular formula is C12H20N4O. The average Bonchev–Trinajstić information content (AvgIpc) is 2.78. The van der Waals surface area contributed by atoms with Gasteiger partial charge in [-0.1, -0.05) is 0 Å². The molecule has 0 saturated carbocycles. The Kier molecular flexibility index (Phi) is 4.14. The van der Waals surface area contributed by atoms with Gasteiger partial charge in [-0.3, -0.25) is 9.89 Å². The number of aromatic nitrogens is 2. The highest BCUT2D eigenvalue weighted by Crippen LogP contribution is 2.27. The lowest BCUT2D eigenvalue weighted by Crippen LogP contribution is -2.31. The van der Waals surface area contributed by atoms with Gasteiger partial charge in [0.1, 0.15) is 0 Å². The Morgan fingerprint density at radius 3 is 3.35 bits per heavy atom. The molecule has 1 aromatic rings. The monoisotopic (exact) mass is 236 g/mol. The number of rotatable bonds is 5. The summed E-state index contributed by atoms with van der Waals surface area (Å²) in [5, 5.41) is 13.2. The molecule has 0 aromatic carbocycles. The van der Waals surface area contributed by atoms with E-state index >= 15 is 0 Å². The number of nitrogens with zero attached hydrogens (tertiary/aromatic N) is 1. The van der Waals surface area contributed by atoms with Crippen LogP contribution in [-0.4, -0.2) is 29.7 Å². The van der Waals surface area contributed by atoms with Crippen molar-refractivity contribution in [3.05, 3.63) is 17.5 Å². The van der Waals surface area contributed by atoms with E-state index in [1.807, 2.05) is 13.2 Å². The molecule has 17 heavy (non-hydrogen) atoms. The molecule has 1 aromatic heterocycles. The van der Waals surface area contributed by atoms with Crippen molar-refractivity contribution < 1.29 is 4.79 Å². The van der Waals surface area contributed by atoms with Crippen LogP contribution in [0.4, 0.5) is 0 Å². The van der Waals surface area contributed by atoms with Crippen molar-refractivity contribution in [1.82, 2.24) is 20.8 Å². The van der Waals surface area contributed by atoms with Crippen LogP contribution in [0, 0.1) is 0 Å². The van der Waals surface area contributed by atoms with E-state index in [-0.39, 0.29) is 11.9 Å². The summed E-state index contributed by atoms with van der Waals surface area (Å²) in [5.74, 6) is 0.132. The van der Waals surface area contributed by atoms with E-state index in [0.29, 0.717) is 6.42 Å². The molecule has 1 unspecified atom stereocenters. The second-order valence-corrected chi connectivity index (χ2v) is 4.53. The highest BCUT2D eigenvalue weighted by atomic mass is 16.1. The zero-order chi connectivity index (χ0) is 12.1. The smallest absolute Gasteiger partial charge is 0.220 e. The van der Waals surface area contributed by atoms with Gasteiger partial charge >= 0.3 is 0 Å². The van der Waals surface area contributed by atoms with Gasteiger partial charge in [0, 0.05) is 6.42 Å². The standard InChI is InChI=1S/C12H20N4O/c1-13-7-3-6-11(17)15-10-5-2-4-9-8-14-16-12(9)10/h8,10,13H,2-7H2,1H3,(H,14,16)(H,15,17). The molecule has 0 radical (unpaired) electrons. The van der Waals surface area contributed by atoms with Gasteiger partial charge in [-0.2, -0.15) is 5.10 Å². The molecule has 5 heteroatoms. The third-order valence-electron chi connectivity index (χ3n) is 3.20. The zero-order valence-corrected chi connectivity index (χ0v) is 10.3. The molecule has 94 valence electrons. The number of H-pyrrole nitrogens is 1. The van der Waals surface area contributed by atoms with Crippen LogP contribution in [0.1, 0.15) is 43.0 Å². The molecular weight excluding hydrogens is 216 g/mol. The summed E-state index contributed by atoms with van der Waals surface area (Å²) in [7, 11) is 1.90. The maximum Gasteiger partial charge on any atom is 0.220 e. The number of hydrogen-bond acceptors (Lipinski definition) is 3. The molecule has 1 atom stereocenters. The molecule has 1 aliphatic carbocycles. The van der Waals surface area contributed by atoms with Crippen LogP contribution >= 0.6 is 0 Å².